The van der Waals surface area contributed by atoms with Crippen LogP contribution in [0.1, 0.15) is 12.5 Å². The summed E-state index contributed by atoms with van der Waals surface area (Å²) in [6.45, 7) is 6.10. The number of nitro benzene ring substituents is 1. The lowest BCUT2D eigenvalue weighted by Crippen LogP contribution is -2.53. The number of benzene rings is 2. The number of carbonyl (C=O) groups excluding carboxylic acids is 1. The molecule has 0 aliphatic carbocycles. The molecule has 1 aliphatic heterocycles. The molecule has 2 aromatic rings. The Hall–Kier alpha value is -3.00. The number of non-ortho nitro benzene ring substituents is 1. The molecule has 2 aromatic carbocycles. The first-order valence-corrected chi connectivity index (χ1v) is 9.16. The molecule has 1 aliphatic rings. The fraction of sp³-hybridized carbons (Fsp3) is 0.350. The molecule has 0 aromatic heterocycles. The third-order valence-corrected chi connectivity index (χ3v) is 5.11. The largest absolute Gasteiger partial charge is 0.367 e. The Morgan fingerprint density at radius 3 is 2.46 bits per heavy atom. The van der Waals surface area contributed by atoms with Crippen LogP contribution in [0.15, 0.2) is 42.5 Å². The SMILES string of the molecule is Cc1cc([N+](=O)[O-])ccc1NC(=O)C(C)N1CCN(c2ccccc2F)CC1. The summed E-state index contributed by atoms with van der Waals surface area (Å²) in [6.07, 6.45) is 0. The zero-order valence-corrected chi connectivity index (χ0v) is 15.9. The molecule has 0 saturated carbocycles. The average Bonchev–Trinajstić information content (AvgIpc) is 2.69. The van der Waals surface area contributed by atoms with E-state index in [9.17, 15) is 19.3 Å². The number of nitrogens with one attached hydrogen (secondary N) is 1. The molecule has 7 nitrogen and oxygen atoms in total. The van der Waals surface area contributed by atoms with Crippen molar-refractivity contribution in [3.05, 3.63) is 64.0 Å². The summed E-state index contributed by atoms with van der Waals surface area (Å²) in [5, 5.41) is 13.7. The predicted molar refractivity (Wildman–Crippen MR) is 106 cm³/mol. The van der Waals surface area contributed by atoms with Crippen LogP contribution in [0.25, 0.3) is 0 Å². The fourth-order valence-corrected chi connectivity index (χ4v) is 3.36. The van der Waals surface area contributed by atoms with Crippen LogP contribution in [0.5, 0.6) is 0 Å². The first kappa shape index (κ1) is 19.8. The van der Waals surface area contributed by atoms with Crippen molar-refractivity contribution in [2.45, 2.75) is 19.9 Å². The minimum absolute atomic E-state index is 0.00665. The molecule has 0 spiro atoms. The van der Waals surface area contributed by atoms with Crippen molar-refractivity contribution in [2.24, 2.45) is 0 Å². The van der Waals surface area contributed by atoms with Crippen molar-refractivity contribution in [2.75, 3.05) is 36.4 Å². The normalized spacial score (nSPS) is 15.9. The Morgan fingerprint density at radius 2 is 1.86 bits per heavy atom. The first-order chi connectivity index (χ1) is 13.4. The highest BCUT2D eigenvalue weighted by Gasteiger charge is 2.27. The predicted octanol–water partition coefficient (Wildman–Crippen LogP) is 3.19. The van der Waals surface area contributed by atoms with E-state index in [0.717, 1.165) is 0 Å². The van der Waals surface area contributed by atoms with Crippen molar-refractivity contribution >= 4 is 23.0 Å². The monoisotopic (exact) mass is 386 g/mol. The number of carbonyl (C=O) groups is 1. The molecule has 3 rings (SSSR count). The molecule has 28 heavy (non-hydrogen) atoms. The number of piperazine rings is 1. The molecular formula is C20H23FN4O3. The number of hydrogen-bond acceptors (Lipinski definition) is 5. The summed E-state index contributed by atoms with van der Waals surface area (Å²) in [5.41, 5.74) is 1.78. The topological polar surface area (TPSA) is 78.7 Å². The van der Waals surface area contributed by atoms with E-state index >= 15 is 0 Å². The number of aryl methyl sites for hydroxylation is 1. The van der Waals surface area contributed by atoms with E-state index in [2.05, 4.69) is 5.32 Å². The van der Waals surface area contributed by atoms with Gasteiger partial charge in [-0.3, -0.25) is 19.8 Å². The zero-order chi connectivity index (χ0) is 20.3. The molecule has 8 heteroatoms. The van der Waals surface area contributed by atoms with Gasteiger partial charge >= 0.3 is 0 Å². The summed E-state index contributed by atoms with van der Waals surface area (Å²) < 4.78 is 14.0. The summed E-state index contributed by atoms with van der Waals surface area (Å²) in [5.74, 6) is -0.410. The van der Waals surface area contributed by atoms with Crippen LogP contribution in [0.2, 0.25) is 0 Å². The highest BCUT2D eigenvalue weighted by atomic mass is 19.1. The Labute approximate surface area is 162 Å². The number of halogens is 1. The van der Waals surface area contributed by atoms with Crippen LogP contribution in [0.4, 0.5) is 21.5 Å². The minimum atomic E-state index is -0.462. The molecule has 1 heterocycles. The Kier molecular flexibility index (Phi) is 5.89. The molecule has 0 bridgehead atoms. The highest BCUT2D eigenvalue weighted by Crippen LogP contribution is 2.23. The van der Waals surface area contributed by atoms with Crippen LogP contribution in [0, 0.1) is 22.9 Å². The third kappa shape index (κ3) is 4.28. The van der Waals surface area contributed by atoms with Gasteiger partial charge in [-0.2, -0.15) is 0 Å². The molecule has 0 radical (unpaired) electrons. The Balaban J connectivity index is 1.59. The van der Waals surface area contributed by atoms with Crippen LogP contribution >= 0.6 is 0 Å². The quantitative estimate of drug-likeness (QED) is 0.631. The summed E-state index contributed by atoms with van der Waals surface area (Å²) in [6, 6.07) is 10.7. The minimum Gasteiger partial charge on any atom is -0.367 e. The van der Waals surface area contributed by atoms with Crippen LogP contribution in [-0.4, -0.2) is 48.0 Å². The van der Waals surface area contributed by atoms with Gasteiger partial charge in [0.15, 0.2) is 0 Å². The number of rotatable bonds is 5. The van der Waals surface area contributed by atoms with Crippen LogP contribution in [-0.2, 0) is 4.79 Å². The highest BCUT2D eigenvalue weighted by molar-refractivity contribution is 5.95. The fourth-order valence-electron chi connectivity index (χ4n) is 3.36. The van der Waals surface area contributed by atoms with Gasteiger partial charge in [0.1, 0.15) is 5.82 Å². The van der Waals surface area contributed by atoms with Gasteiger partial charge in [-0.15, -0.1) is 0 Å². The molecule has 148 valence electrons. The molecule has 1 fully saturated rings. The number of nitro groups is 1. The lowest BCUT2D eigenvalue weighted by molar-refractivity contribution is -0.384. The van der Waals surface area contributed by atoms with E-state index in [-0.39, 0.29) is 23.5 Å². The number of nitrogens with zero attached hydrogens (tertiary/aromatic N) is 3. The van der Waals surface area contributed by atoms with Crippen molar-refractivity contribution in [3.63, 3.8) is 0 Å². The van der Waals surface area contributed by atoms with E-state index < -0.39 is 4.92 Å². The molecular weight excluding hydrogens is 363 g/mol. The maximum Gasteiger partial charge on any atom is 0.269 e. The second-order valence-corrected chi connectivity index (χ2v) is 6.90. The van der Waals surface area contributed by atoms with Crippen LogP contribution in [0.3, 0.4) is 0 Å². The van der Waals surface area contributed by atoms with Gasteiger partial charge in [0.25, 0.3) is 5.69 Å². The maximum atomic E-state index is 14.0. The maximum absolute atomic E-state index is 14.0. The standard InChI is InChI=1S/C20H23FN4O3/c1-14-13-16(25(27)28)7-8-18(14)22-20(26)15(2)23-9-11-24(12-10-23)19-6-4-3-5-17(19)21/h3-8,13,15H,9-12H2,1-2H3,(H,22,26). The summed E-state index contributed by atoms with van der Waals surface area (Å²) in [7, 11) is 0. The van der Waals surface area contributed by atoms with Gasteiger partial charge < -0.3 is 10.2 Å². The third-order valence-electron chi connectivity index (χ3n) is 5.11. The van der Waals surface area contributed by atoms with Gasteiger partial charge in [0.05, 0.1) is 16.7 Å². The molecule has 1 atom stereocenters. The lowest BCUT2D eigenvalue weighted by atomic mass is 10.1. The van der Waals surface area contributed by atoms with Crippen molar-refractivity contribution < 1.29 is 14.1 Å². The van der Waals surface area contributed by atoms with Crippen LogP contribution < -0.4 is 10.2 Å². The first-order valence-electron chi connectivity index (χ1n) is 9.16. The average molecular weight is 386 g/mol. The number of anilines is 2. The number of amides is 1. The lowest BCUT2D eigenvalue weighted by Gasteiger charge is -2.38. The van der Waals surface area contributed by atoms with E-state index in [4.69, 9.17) is 0 Å². The second kappa shape index (κ2) is 8.35. The number of para-hydroxylation sites is 1. The molecule has 1 N–H and O–H groups in total. The molecule has 1 saturated heterocycles. The van der Waals surface area contributed by atoms with Crippen molar-refractivity contribution in [3.8, 4) is 0 Å². The van der Waals surface area contributed by atoms with Gasteiger partial charge in [0.2, 0.25) is 5.91 Å². The van der Waals surface area contributed by atoms with E-state index in [1.54, 1.807) is 25.1 Å². The molecule has 1 unspecified atom stereocenters. The smallest absolute Gasteiger partial charge is 0.269 e. The molecule has 1 amide bonds. The Bertz CT molecular complexity index is 882. The second-order valence-electron chi connectivity index (χ2n) is 6.90. The number of hydrogen-bond donors (Lipinski definition) is 1. The van der Waals surface area contributed by atoms with E-state index in [0.29, 0.717) is 43.1 Å². The van der Waals surface area contributed by atoms with E-state index in [1.807, 2.05) is 22.8 Å². The van der Waals surface area contributed by atoms with Gasteiger partial charge in [0, 0.05) is 44.0 Å². The van der Waals surface area contributed by atoms with Crippen molar-refractivity contribution in [1.82, 2.24) is 4.90 Å². The Morgan fingerprint density at radius 1 is 1.18 bits per heavy atom. The van der Waals surface area contributed by atoms with Gasteiger partial charge in [-0.1, -0.05) is 12.1 Å². The van der Waals surface area contributed by atoms with Crippen molar-refractivity contribution in [1.29, 1.82) is 0 Å². The zero-order valence-electron chi connectivity index (χ0n) is 15.9. The van der Waals surface area contributed by atoms with E-state index in [1.165, 1.54) is 18.2 Å². The van der Waals surface area contributed by atoms with Gasteiger partial charge in [-0.05, 0) is 37.6 Å². The van der Waals surface area contributed by atoms with Gasteiger partial charge in [-0.25, -0.2) is 4.39 Å². The summed E-state index contributed by atoms with van der Waals surface area (Å²) in [4.78, 5) is 27.0. The summed E-state index contributed by atoms with van der Waals surface area (Å²) >= 11 is 0.